The van der Waals surface area contributed by atoms with Gasteiger partial charge in [-0.05, 0) is 35.9 Å². The first-order chi connectivity index (χ1) is 9.15. The molecule has 0 saturated heterocycles. The number of rotatable bonds is 4. The molecule has 96 valence electrons. The fourth-order valence-corrected chi connectivity index (χ4v) is 1.61. The number of nitrogens with zero attached hydrogens (tertiary/aromatic N) is 2. The summed E-state index contributed by atoms with van der Waals surface area (Å²) < 4.78 is 0. The average molecular weight is 276 g/mol. The third-order valence-corrected chi connectivity index (χ3v) is 2.57. The normalized spacial score (nSPS) is 10.6. The predicted octanol–water partition coefficient (Wildman–Crippen LogP) is 3.69. The average Bonchev–Trinajstić information content (AvgIpc) is 2.39. The summed E-state index contributed by atoms with van der Waals surface area (Å²) >= 11 is 5.83. The third-order valence-electron chi connectivity index (χ3n) is 2.34. The van der Waals surface area contributed by atoms with Crippen molar-refractivity contribution in [3.63, 3.8) is 0 Å². The van der Waals surface area contributed by atoms with Crippen molar-refractivity contribution < 1.29 is 4.92 Å². The van der Waals surface area contributed by atoms with E-state index in [4.69, 9.17) is 11.6 Å². The molecule has 2 rings (SSSR count). The largest absolute Gasteiger partial charge is 0.278 e. The van der Waals surface area contributed by atoms with Gasteiger partial charge in [0, 0.05) is 17.2 Å². The first-order valence-corrected chi connectivity index (χ1v) is 5.82. The van der Waals surface area contributed by atoms with Crippen molar-refractivity contribution in [1.29, 1.82) is 0 Å². The number of nitrogens with one attached hydrogen (secondary N) is 1. The molecule has 0 aliphatic heterocycles. The fourth-order valence-electron chi connectivity index (χ4n) is 1.42. The van der Waals surface area contributed by atoms with Gasteiger partial charge in [0.05, 0.1) is 16.8 Å². The molecule has 0 heterocycles. The molecular weight excluding hydrogens is 266 g/mol. The Balaban J connectivity index is 2.01. The molecule has 0 aliphatic carbocycles. The maximum Gasteiger partial charge on any atom is 0.269 e. The van der Waals surface area contributed by atoms with Gasteiger partial charge in [0.15, 0.2) is 0 Å². The Kier molecular flexibility index (Phi) is 4.10. The number of hydrazone groups is 1. The number of anilines is 1. The minimum atomic E-state index is -0.439. The maximum absolute atomic E-state index is 10.5. The highest BCUT2D eigenvalue weighted by Gasteiger charge is 2.02. The summed E-state index contributed by atoms with van der Waals surface area (Å²) in [6, 6.07) is 13.3. The van der Waals surface area contributed by atoms with Crippen molar-refractivity contribution in [3.05, 3.63) is 69.2 Å². The smallest absolute Gasteiger partial charge is 0.269 e. The summed E-state index contributed by atoms with van der Waals surface area (Å²) in [4.78, 5) is 10.1. The zero-order valence-corrected chi connectivity index (χ0v) is 10.5. The van der Waals surface area contributed by atoms with Gasteiger partial charge in [-0.15, -0.1) is 0 Å². The van der Waals surface area contributed by atoms with Gasteiger partial charge in [0.2, 0.25) is 0 Å². The van der Waals surface area contributed by atoms with E-state index in [1.807, 2.05) is 12.1 Å². The van der Waals surface area contributed by atoms with Crippen LogP contribution in [0.1, 0.15) is 5.56 Å². The van der Waals surface area contributed by atoms with Gasteiger partial charge in [-0.25, -0.2) is 0 Å². The Hall–Kier alpha value is -2.40. The van der Waals surface area contributed by atoms with Crippen LogP contribution in [0.4, 0.5) is 11.4 Å². The summed E-state index contributed by atoms with van der Waals surface area (Å²) in [6.07, 6.45) is 1.57. The molecule has 2 aromatic carbocycles. The van der Waals surface area contributed by atoms with Gasteiger partial charge >= 0.3 is 0 Å². The minimum Gasteiger partial charge on any atom is -0.278 e. The van der Waals surface area contributed by atoms with E-state index in [0.717, 1.165) is 11.3 Å². The summed E-state index contributed by atoms with van der Waals surface area (Å²) in [7, 11) is 0. The number of non-ortho nitro benzene ring substituents is 1. The second kappa shape index (κ2) is 5.97. The molecule has 0 unspecified atom stereocenters. The molecule has 0 saturated carbocycles. The van der Waals surface area contributed by atoms with Gasteiger partial charge < -0.3 is 0 Å². The Morgan fingerprint density at radius 3 is 2.58 bits per heavy atom. The van der Waals surface area contributed by atoms with E-state index in [-0.39, 0.29) is 5.69 Å². The van der Waals surface area contributed by atoms with Crippen molar-refractivity contribution in [1.82, 2.24) is 0 Å². The van der Waals surface area contributed by atoms with Crippen LogP contribution in [0.3, 0.4) is 0 Å². The molecule has 1 N–H and O–H groups in total. The van der Waals surface area contributed by atoms with Crippen LogP contribution in [0.5, 0.6) is 0 Å². The van der Waals surface area contributed by atoms with Crippen LogP contribution in [-0.4, -0.2) is 11.1 Å². The Labute approximate surface area is 114 Å². The van der Waals surface area contributed by atoms with Crippen molar-refractivity contribution in [2.75, 3.05) is 5.43 Å². The zero-order chi connectivity index (χ0) is 13.7. The number of benzene rings is 2. The van der Waals surface area contributed by atoms with E-state index in [1.54, 1.807) is 30.5 Å². The van der Waals surface area contributed by atoms with Crippen LogP contribution in [0, 0.1) is 10.1 Å². The predicted molar refractivity (Wildman–Crippen MR) is 75.8 cm³/mol. The highest BCUT2D eigenvalue weighted by molar-refractivity contribution is 6.30. The summed E-state index contributed by atoms with van der Waals surface area (Å²) in [5.41, 5.74) is 4.41. The number of nitro benzene ring substituents is 1. The Morgan fingerprint density at radius 2 is 1.95 bits per heavy atom. The second-order valence-corrected chi connectivity index (χ2v) is 4.17. The SMILES string of the molecule is O=[N+]([O-])c1ccc(/C=N\Nc2cccc(Cl)c2)cc1. The fraction of sp³-hybridized carbons (Fsp3) is 0. The zero-order valence-electron chi connectivity index (χ0n) is 9.79. The molecule has 6 heteroatoms. The van der Waals surface area contributed by atoms with Crippen LogP contribution >= 0.6 is 11.6 Å². The standard InChI is InChI=1S/C13H10ClN3O2/c14-11-2-1-3-12(8-11)16-15-9-10-4-6-13(7-5-10)17(18)19/h1-9,16H/b15-9-. The lowest BCUT2D eigenvalue weighted by Gasteiger charge is -1.99. The molecule has 0 radical (unpaired) electrons. The molecule has 0 amide bonds. The van der Waals surface area contributed by atoms with E-state index in [1.165, 1.54) is 12.1 Å². The quantitative estimate of drug-likeness (QED) is 0.525. The maximum atomic E-state index is 10.5. The highest BCUT2D eigenvalue weighted by Crippen LogP contribution is 2.15. The Bertz CT molecular complexity index is 612. The first-order valence-electron chi connectivity index (χ1n) is 5.44. The first kappa shape index (κ1) is 13.0. The lowest BCUT2D eigenvalue weighted by atomic mass is 10.2. The van der Waals surface area contributed by atoms with Gasteiger partial charge in [0.1, 0.15) is 0 Å². The van der Waals surface area contributed by atoms with Crippen molar-refractivity contribution in [3.8, 4) is 0 Å². The van der Waals surface area contributed by atoms with Crippen LogP contribution in [-0.2, 0) is 0 Å². The van der Waals surface area contributed by atoms with Crippen molar-refractivity contribution >= 4 is 29.2 Å². The van der Waals surface area contributed by atoms with E-state index in [9.17, 15) is 10.1 Å². The van der Waals surface area contributed by atoms with Crippen molar-refractivity contribution in [2.24, 2.45) is 5.10 Å². The van der Waals surface area contributed by atoms with Gasteiger partial charge in [-0.3, -0.25) is 15.5 Å². The summed E-state index contributed by atoms with van der Waals surface area (Å²) in [5.74, 6) is 0. The highest BCUT2D eigenvalue weighted by atomic mass is 35.5. The number of hydrogen-bond donors (Lipinski definition) is 1. The van der Waals surface area contributed by atoms with Crippen LogP contribution in [0.15, 0.2) is 53.6 Å². The van der Waals surface area contributed by atoms with Crippen LogP contribution in [0.25, 0.3) is 0 Å². The minimum absolute atomic E-state index is 0.0555. The van der Waals surface area contributed by atoms with E-state index < -0.39 is 4.92 Å². The molecular formula is C13H10ClN3O2. The lowest BCUT2D eigenvalue weighted by Crippen LogP contribution is -1.91. The van der Waals surface area contributed by atoms with Gasteiger partial charge in [-0.2, -0.15) is 5.10 Å². The van der Waals surface area contributed by atoms with E-state index >= 15 is 0 Å². The van der Waals surface area contributed by atoms with Gasteiger partial charge in [0.25, 0.3) is 5.69 Å². The molecule has 0 bridgehead atoms. The summed E-state index contributed by atoms with van der Waals surface area (Å²) in [5, 5.41) is 15.1. The molecule has 2 aromatic rings. The van der Waals surface area contributed by atoms with Gasteiger partial charge in [-0.1, -0.05) is 17.7 Å². The number of halogens is 1. The molecule has 0 atom stereocenters. The summed E-state index contributed by atoms with van der Waals surface area (Å²) in [6.45, 7) is 0. The van der Waals surface area contributed by atoms with Crippen molar-refractivity contribution in [2.45, 2.75) is 0 Å². The molecule has 19 heavy (non-hydrogen) atoms. The Morgan fingerprint density at radius 1 is 1.21 bits per heavy atom. The molecule has 0 aromatic heterocycles. The number of hydrogen-bond acceptors (Lipinski definition) is 4. The third kappa shape index (κ3) is 3.79. The topological polar surface area (TPSA) is 67.5 Å². The monoisotopic (exact) mass is 275 g/mol. The molecule has 5 nitrogen and oxygen atoms in total. The second-order valence-electron chi connectivity index (χ2n) is 3.73. The molecule has 0 spiro atoms. The molecule has 0 aliphatic rings. The van der Waals surface area contributed by atoms with Crippen LogP contribution < -0.4 is 5.43 Å². The number of nitro groups is 1. The lowest BCUT2D eigenvalue weighted by molar-refractivity contribution is -0.384. The van der Waals surface area contributed by atoms with E-state index in [0.29, 0.717) is 5.02 Å². The molecule has 0 fully saturated rings. The van der Waals surface area contributed by atoms with E-state index in [2.05, 4.69) is 10.5 Å². The van der Waals surface area contributed by atoms with Crippen LogP contribution in [0.2, 0.25) is 5.02 Å².